The van der Waals surface area contributed by atoms with Crippen LogP contribution in [0.15, 0.2) is 0 Å². The summed E-state index contributed by atoms with van der Waals surface area (Å²) in [5.74, 6) is 2.09. The normalized spacial score (nSPS) is 17.5. The Labute approximate surface area is 125 Å². The van der Waals surface area contributed by atoms with E-state index in [4.69, 9.17) is 0 Å². The molecule has 0 bridgehead atoms. The summed E-state index contributed by atoms with van der Waals surface area (Å²) in [5, 5.41) is 6.26. The van der Waals surface area contributed by atoms with E-state index in [9.17, 15) is 9.59 Å². The van der Waals surface area contributed by atoms with E-state index in [1.165, 1.54) is 31.7 Å². The molecule has 5 nitrogen and oxygen atoms in total. The van der Waals surface area contributed by atoms with Crippen LogP contribution >= 0.6 is 11.8 Å². The average molecular weight is 302 g/mol. The smallest absolute Gasteiger partial charge is 0.315 e. The number of thioether (sulfide) groups is 1. The monoisotopic (exact) mass is 302 g/mol. The molecule has 1 rings (SSSR count). The Hall–Kier alpha value is -0.750. The van der Waals surface area contributed by atoms with Gasteiger partial charge in [0, 0.05) is 18.7 Å². The summed E-state index contributed by atoms with van der Waals surface area (Å²) < 4.78 is 4.55. The summed E-state index contributed by atoms with van der Waals surface area (Å²) in [4.78, 5) is 22.7. The lowest BCUT2D eigenvalue weighted by Crippen LogP contribution is -2.34. The number of methoxy groups -OCH3 is 1. The van der Waals surface area contributed by atoms with Crippen molar-refractivity contribution in [2.45, 2.75) is 26.2 Å². The van der Waals surface area contributed by atoms with E-state index in [2.05, 4.69) is 22.3 Å². The van der Waals surface area contributed by atoms with E-state index in [0.717, 1.165) is 18.8 Å². The first-order valence-electron chi connectivity index (χ1n) is 7.25. The van der Waals surface area contributed by atoms with Crippen molar-refractivity contribution < 1.29 is 14.3 Å². The van der Waals surface area contributed by atoms with E-state index < -0.39 is 0 Å². The number of esters is 1. The van der Waals surface area contributed by atoms with Gasteiger partial charge in [0.15, 0.2) is 0 Å². The second kappa shape index (κ2) is 10.0. The number of ether oxygens (including phenoxy) is 1. The van der Waals surface area contributed by atoms with Gasteiger partial charge in [-0.2, -0.15) is 0 Å². The third-order valence-electron chi connectivity index (χ3n) is 3.71. The zero-order valence-electron chi connectivity index (χ0n) is 12.4. The predicted molar refractivity (Wildman–Crippen MR) is 81.7 cm³/mol. The molecule has 0 saturated carbocycles. The molecular weight excluding hydrogens is 276 g/mol. The predicted octanol–water partition coefficient (Wildman–Crippen LogP) is 1.03. The number of rotatable bonds is 8. The van der Waals surface area contributed by atoms with Crippen LogP contribution in [-0.2, 0) is 14.3 Å². The van der Waals surface area contributed by atoms with Gasteiger partial charge in [-0.3, -0.25) is 9.59 Å². The molecule has 1 aliphatic heterocycles. The number of nitrogens with one attached hydrogen (secondary N) is 2. The van der Waals surface area contributed by atoms with Crippen LogP contribution in [-0.4, -0.2) is 50.1 Å². The Kier molecular flexibility index (Phi) is 8.69. The van der Waals surface area contributed by atoms with E-state index in [1.807, 2.05) is 0 Å². The lowest BCUT2D eigenvalue weighted by atomic mass is 9.84. The third kappa shape index (κ3) is 7.14. The van der Waals surface area contributed by atoms with Gasteiger partial charge in [0.2, 0.25) is 5.91 Å². The maximum atomic E-state index is 11.8. The molecule has 0 spiro atoms. The number of hydrogen-bond donors (Lipinski definition) is 2. The molecule has 0 aromatic heterocycles. The highest BCUT2D eigenvalue weighted by Gasteiger charge is 2.21. The largest absolute Gasteiger partial charge is 0.468 e. The quantitative estimate of drug-likeness (QED) is 0.518. The van der Waals surface area contributed by atoms with Crippen molar-refractivity contribution in [3.05, 3.63) is 0 Å². The van der Waals surface area contributed by atoms with E-state index in [-0.39, 0.29) is 11.9 Å². The Bertz CT molecular complexity index is 307. The van der Waals surface area contributed by atoms with Crippen LogP contribution in [0.5, 0.6) is 0 Å². The first-order chi connectivity index (χ1) is 9.63. The van der Waals surface area contributed by atoms with E-state index in [1.54, 1.807) is 0 Å². The summed E-state index contributed by atoms with van der Waals surface area (Å²) in [5.41, 5.74) is 0. The van der Waals surface area contributed by atoms with Crippen molar-refractivity contribution >= 4 is 23.6 Å². The summed E-state index contributed by atoms with van der Waals surface area (Å²) >= 11 is 1.48. The van der Waals surface area contributed by atoms with Gasteiger partial charge in [0.25, 0.3) is 0 Å². The van der Waals surface area contributed by atoms with Gasteiger partial charge in [-0.1, -0.05) is 6.92 Å². The standard InChI is InChI=1S/C14H26N2O3S/c1-11(12-3-5-15-6-4-12)9-13(17)16-7-8-20-10-14(18)19-2/h11-12,15H,3-10H2,1-2H3,(H,16,17). The fraction of sp³-hybridized carbons (Fsp3) is 0.857. The molecule has 2 N–H and O–H groups in total. The minimum Gasteiger partial charge on any atom is -0.468 e. The van der Waals surface area contributed by atoms with Crippen molar-refractivity contribution in [1.29, 1.82) is 0 Å². The van der Waals surface area contributed by atoms with Gasteiger partial charge in [0.05, 0.1) is 12.9 Å². The Morgan fingerprint density at radius 1 is 1.40 bits per heavy atom. The molecule has 0 aromatic rings. The highest BCUT2D eigenvalue weighted by atomic mass is 32.2. The van der Waals surface area contributed by atoms with Gasteiger partial charge >= 0.3 is 5.97 Å². The van der Waals surface area contributed by atoms with Gasteiger partial charge in [-0.25, -0.2) is 0 Å². The Morgan fingerprint density at radius 3 is 2.75 bits per heavy atom. The van der Waals surface area contributed by atoms with Gasteiger partial charge < -0.3 is 15.4 Å². The van der Waals surface area contributed by atoms with Gasteiger partial charge in [-0.15, -0.1) is 11.8 Å². The molecule has 1 saturated heterocycles. The number of piperidine rings is 1. The van der Waals surface area contributed by atoms with Crippen molar-refractivity contribution in [2.75, 3.05) is 38.2 Å². The minimum atomic E-state index is -0.221. The number of amides is 1. The summed E-state index contributed by atoms with van der Waals surface area (Å²) in [7, 11) is 1.38. The zero-order valence-corrected chi connectivity index (χ0v) is 13.3. The topological polar surface area (TPSA) is 67.4 Å². The highest BCUT2D eigenvalue weighted by molar-refractivity contribution is 7.99. The van der Waals surface area contributed by atoms with Crippen LogP contribution in [0, 0.1) is 11.8 Å². The van der Waals surface area contributed by atoms with E-state index >= 15 is 0 Å². The SMILES string of the molecule is COC(=O)CSCCNC(=O)CC(C)C1CCNCC1. The van der Waals surface area contributed by atoms with Crippen LogP contribution in [0.25, 0.3) is 0 Å². The number of carbonyl (C=O) groups is 2. The fourth-order valence-electron chi connectivity index (χ4n) is 2.42. The van der Waals surface area contributed by atoms with Crippen LogP contribution in [0.1, 0.15) is 26.2 Å². The highest BCUT2D eigenvalue weighted by Crippen LogP contribution is 2.24. The minimum absolute atomic E-state index is 0.120. The van der Waals surface area contributed by atoms with Gasteiger partial charge in [0.1, 0.15) is 0 Å². The molecule has 1 atom stereocenters. The van der Waals surface area contributed by atoms with Gasteiger partial charge in [-0.05, 0) is 37.8 Å². The summed E-state index contributed by atoms with van der Waals surface area (Å²) in [6.07, 6.45) is 2.94. The van der Waals surface area contributed by atoms with Crippen LogP contribution < -0.4 is 10.6 Å². The molecule has 20 heavy (non-hydrogen) atoms. The maximum absolute atomic E-state index is 11.8. The second-order valence-electron chi connectivity index (χ2n) is 5.25. The molecule has 116 valence electrons. The maximum Gasteiger partial charge on any atom is 0.315 e. The lowest BCUT2D eigenvalue weighted by Gasteiger charge is -2.27. The first-order valence-corrected chi connectivity index (χ1v) is 8.41. The van der Waals surface area contributed by atoms with Crippen molar-refractivity contribution in [3.63, 3.8) is 0 Å². The van der Waals surface area contributed by atoms with E-state index in [0.29, 0.717) is 30.6 Å². The number of hydrogen-bond acceptors (Lipinski definition) is 5. The molecule has 6 heteroatoms. The van der Waals surface area contributed by atoms with Crippen molar-refractivity contribution in [3.8, 4) is 0 Å². The summed E-state index contributed by atoms with van der Waals surface area (Å²) in [6.45, 7) is 4.92. The Balaban J connectivity index is 2.05. The van der Waals surface area contributed by atoms with Crippen molar-refractivity contribution in [1.82, 2.24) is 10.6 Å². The Morgan fingerprint density at radius 2 is 2.10 bits per heavy atom. The molecule has 1 heterocycles. The average Bonchev–Trinajstić information content (AvgIpc) is 2.47. The van der Waals surface area contributed by atoms with Crippen LogP contribution in [0.4, 0.5) is 0 Å². The zero-order chi connectivity index (χ0) is 14.8. The van der Waals surface area contributed by atoms with Crippen LogP contribution in [0.3, 0.4) is 0 Å². The molecular formula is C14H26N2O3S. The van der Waals surface area contributed by atoms with Crippen LogP contribution in [0.2, 0.25) is 0 Å². The molecule has 0 aromatic carbocycles. The molecule has 1 amide bonds. The molecule has 0 radical (unpaired) electrons. The summed E-state index contributed by atoms with van der Waals surface area (Å²) in [6, 6.07) is 0. The van der Waals surface area contributed by atoms with Crippen molar-refractivity contribution in [2.24, 2.45) is 11.8 Å². The molecule has 1 unspecified atom stereocenters. The second-order valence-corrected chi connectivity index (χ2v) is 6.35. The number of carbonyl (C=O) groups excluding carboxylic acids is 2. The lowest BCUT2D eigenvalue weighted by molar-refractivity contribution is -0.137. The molecule has 1 fully saturated rings. The first kappa shape index (κ1) is 17.3. The third-order valence-corrected chi connectivity index (χ3v) is 4.64. The molecule has 0 aliphatic carbocycles. The molecule has 1 aliphatic rings. The fourth-order valence-corrected chi connectivity index (χ4v) is 3.10.